The molecule has 0 spiro atoms. The molecule has 0 saturated heterocycles. The van der Waals surface area contributed by atoms with Crippen LogP contribution in [0.25, 0.3) is 22.6 Å². The number of carbonyl (C=O) groups excluding carboxylic acids is 1. The van der Waals surface area contributed by atoms with E-state index in [1.807, 2.05) is 0 Å². The zero-order chi connectivity index (χ0) is 23.7. The Morgan fingerprint density at radius 2 is 1.88 bits per heavy atom. The van der Waals surface area contributed by atoms with Crippen molar-refractivity contribution < 1.29 is 18.0 Å². The van der Waals surface area contributed by atoms with Crippen LogP contribution in [0.2, 0.25) is 0 Å². The van der Waals surface area contributed by atoms with Gasteiger partial charge in [0.15, 0.2) is 11.5 Å². The molecule has 9 nitrogen and oxygen atoms in total. The summed E-state index contributed by atoms with van der Waals surface area (Å²) in [6, 6.07) is 8.21. The minimum absolute atomic E-state index is 0.0180. The standard InChI is InChI=1S/C21H16F3N7O2/c22-12-3-1-7-27-13(12)10-30-8-2-4-14(30)17-16(28-18(20(26)33)19(25)29-17)11-5-6-15(32)31(9-11)21(23)24/h1-9,21H,10H2,(H2,25,29)(H2,26,33). The van der Waals surface area contributed by atoms with E-state index in [2.05, 4.69) is 15.0 Å². The van der Waals surface area contributed by atoms with Crippen molar-refractivity contribution in [2.75, 3.05) is 5.73 Å². The normalized spacial score (nSPS) is 11.2. The Labute approximate surface area is 184 Å². The van der Waals surface area contributed by atoms with Crippen LogP contribution in [0.15, 0.2) is 59.8 Å². The van der Waals surface area contributed by atoms with Crippen molar-refractivity contribution in [2.24, 2.45) is 5.73 Å². The Bertz CT molecular complexity index is 1420. The van der Waals surface area contributed by atoms with Gasteiger partial charge in [-0.15, -0.1) is 0 Å². The number of hydrogen-bond acceptors (Lipinski definition) is 6. The van der Waals surface area contributed by atoms with Crippen LogP contribution < -0.4 is 17.0 Å². The number of halogens is 3. The Balaban J connectivity index is 1.92. The predicted octanol–water partition coefficient (Wildman–Crippen LogP) is 2.43. The van der Waals surface area contributed by atoms with Gasteiger partial charge in [0.05, 0.1) is 17.9 Å². The van der Waals surface area contributed by atoms with Crippen molar-refractivity contribution in [3.63, 3.8) is 0 Å². The number of aromatic nitrogens is 5. The van der Waals surface area contributed by atoms with Gasteiger partial charge in [-0.1, -0.05) is 0 Å². The quantitative estimate of drug-likeness (QED) is 0.459. The zero-order valence-corrected chi connectivity index (χ0v) is 16.8. The Morgan fingerprint density at radius 3 is 2.58 bits per heavy atom. The zero-order valence-electron chi connectivity index (χ0n) is 16.8. The SMILES string of the molecule is NC(=O)c1nc(-c2ccc(=O)n(C(F)F)c2)c(-c2cccn2Cc2ncccc2F)nc1N. The minimum Gasteiger partial charge on any atom is -0.382 e. The highest BCUT2D eigenvalue weighted by atomic mass is 19.3. The molecule has 168 valence electrons. The maximum absolute atomic E-state index is 14.1. The molecule has 4 N–H and O–H groups in total. The summed E-state index contributed by atoms with van der Waals surface area (Å²) in [6.45, 7) is -3.08. The van der Waals surface area contributed by atoms with Crippen LogP contribution in [-0.4, -0.2) is 30.0 Å². The van der Waals surface area contributed by atoms with E-state index < -0.39 is 23.8 Å². The fourth-order valence-corrected chi connectivity index (χ4v) is 3.27. The second-order valence-corrected chi connectivity index (χ2v) is 6.91. The van der Waals surface area contributed by atoms with Gasteiger partial charge in [-0.3, -0.25) is 19.1 Å². The number of anilines is 1. The second-order valence-electron chi connectivity index (χ2n) is 6.91. The van der Waals surface area contributed by atoms with E-state index in [0.717, 1.165) is 12.3 Å². The summed E-state index contributed by atoms with van der Waals surface area (Å²) < 4.78 is 42.6. The lowest BCUT2D eigenvalue weighted by Crippen LogP contribution is -2.20. The number of amides is 1. The highest BCUT2D eigenvalue weighted by molar-refractivity contribution is 5.96. The molecule has 0 saturated carbocycles. The van der Waals surface area contributed by atoms with Crippen molar-refractivity contribution in [2.45, 2.75) is 13.1 Å². The number of nitrogens with two attached hydrogens (primary N) is 2. The third-order valence-corrected chi connectivity index (χ3v) is 4.80. The van der Waals surface area contributed by atoms with Gasteiger partial charge >= 0.3 is 6.55 Å². The van der Waals surface area contributed by atoms with E-state index >= 15 is 0 Å². The van der Waals surface area contributed by atoms with Crippen LogP contribution in [0.4, 0.5) is 19.0 Å². The molecular weight excluding hydrogens is 439 g/mol. The van der Waals surface area contributed by atoms with Crippen LogP contribution in [0.1, 0.15) is 22.7 Å². The molecule has 4 aromatic rings. The number of pyridine rings is 2. The molecule has 0 aliphatic carbocycles. The van der Waals surface area contributed by atoms with Gasteiger partial charge in [0.2, 0.25) is 0 Å². The largest absolute Gasteiger partial charge is 0.382 e. The summed E-state index contributed by atoms with van der Waals surface area (Å²) in [7, 11) is 0. The lowest BCUT2D eigenvalue weighted by Gasteiger charge is -2.15. The first kappa shape index (κ1) is 21.7. The van der Waals surface area contributed by atoms with Crippen molar-refractivity contribution in [3.8, 4) is 22.6 Å². The molecule has 4 aromatic heterocycles. The van der Waals surface area contributed by atoms with Gasteiger partial charge in [0.1, 0.15) is 17.2 Å². The van der Waals surface area contributed by atoms with Gasteiger partial charge in [0, 0.05) is 30.2 Å². The molecule has 0 bridgehead atoms. The highest BCUT2D eigenvalue weighted by Crippen LogP contribution is 2.31. The Hall–Kier alpha value is -4.48. The first-order valence-corrected chi connectivity index (χ1v) is 9.49. The summed E-state index contributed by atoms with van der Waals surface area (Å²) in [5.74, 6) is -1.77. The number of nitrogens with zero attached hydrogens (tertiary/aromatic N) is 5. The van der Waals surface area contributed by atoms with Crippen LogP contribution >= 0.6 is 0 Å². The monoisotopic (exact) mass is 455 g/mol. The van der Waals surface area contributed by atoms with Crippen molar-refractivity contribution in [3.05, 3.63) is 82.5 Å². The molecule has 0 aliphatic rings. The number of nitrogen functional groups attached to an aromatic ring is 1. The molecule has 0 atom stereocenters. The average molecular weight is 455 g/mol. The summed E-state index contributed by atoms with van der Waals surface area (Å²) in [6.07, 6.45) is 3.97. The molecular formula is C21H16F3N7O2. The number of primary amides is 1. The molecule has 4 heterocycles. The first-order chi connectivity index (χ1) is 15.8. The summed E-state index contributed by atoms with van der Waals surface area (Å²) in [5, 5.41) is 0. The molecule has 12 heteroatoms. The smallest absolute Gasteiger partial charge is 0.321 e. The number of carbonyl (C=O) groups is 1. The van der Waals surface area contributed by atoms with Gasteiger partial charge < -0.3 is 16.0 Å². The van der Waals surface area contributed by atoms with Crippen LogP contribution in [0.5, 0.6) is 0 Å². The summed E-state index contributed by atoms with van der Waals surface area (Å²) >= 11 is 0. The van der Waals surface area contributed by atoms with E-state index in [4.69, 9.17) is 11.5 Å². The summed E-state index contributed by atoms with van der Waals surface area (Å²) in [4.78, 5) is 36.0. The third kappa shape index (κ3) is 4.18. The molecule has 0 aliphatic heterocycles. The van der Waals surface area contributed by atoms with Crippen LogP contribution in [-0.2, 0) is 6.54 Å². The van der Waals surface area contributed by atoms with E-state index in [9.17, 15) is 22.8 Å². The molecule has 0 radical (unpaired) electrons. The first-order valence-electron chi connectivity index (χ1n) is 9.49. The molecule has 33 heavy (non-hydrogen) atoms. The molecule has 1 amide bonds. The number of alkyl halides is 2. The fourth-order valence-electron chi connectivity index (χ4n) is 3.27. The molecule has 0 aromatic carbocycles. The molecule has 4 rings (SSSR count). The van der Waals surface area contributed by atoms with Gasteiger partial charge in [-0.05, 0) is 30.3 Å². The minimum atomic E-state index is -3.10. The van der Waals surface area contributed by atoms with Crippen LogP contribution in [0.3, 0.4) is 0 Å². The van der Waals surface area contributed by atoms with E-state index in [1.165, 1.54) is 24.4 Å². The third-order valence-electron chi connectivity index (χ3n) is 4.80. The summed E-state index contributed by atoms with van der Waals surface area (Å²) in [5.41, 5.74) is 10.6. The van der Waals surface area contributed by atoms with Gasteiger partial charge in [-0.2, -0.15) is 8.78 Å². The Morgan fingerprint density at radius 1 is 1.09 bits per heavy atom. The maximum Gasteiger partial charge on any atom is 0.321 e. The second kappa shape index (κ2) is 8.57. The predicted molar refractivity (Wildman–Crippen MR) is 113 cm³/mol. The number of hydrogen-bond donors (Lipinski definition) is 2. The molecule has 0 unspecified atom stereocenters. The van der Waals surface area contributed by atoms with E-state index in [-0.39, 0.29) is 45.3 Å². The fraction of sp³-hybridized carbons (Fsp3) is 0.0952. The number of rotatable bonds is 6. The van der Waals surface area contributed by atoms with Crippen molar-refractivity contribution in [1.29, 1.82) is 0 Å². The lowest BCUT2D eigenvalue weighted by atomic mass is 10.1. The lowest BCUT2D eigenvalue weighted by molar-refractivity contribution is 0.0665. The van der Waals surface area contributed by atoms with Crippen LogP contribution in [0, 0.1) is 5.82 Å². The van der Waals surface area contributed by atoms with E-state index in [1.54, 1.807) is 22.9 Å². The highest BCUT2D eigenvalue weighted by Gasteiger charge is 2.22. The maximum atomic E-state index is 14.1. The topological polar surface area (TPSA) is 135 Å². The van der Waals surface area contributed by atoms with E-state index in [0.29, 0.717) is 5.69 Å². The van der Waals surface area contributed by atoms with Crippen molar-refractivity contribution >= 4 is 11.7 Å². The Kier molecular flexibility index (Phi) is 5.65. The van der Waals surface area contributed by atoms with Gasteiger partial charge in [0.25, 0.3) is 11.5 Å². The van der Waals surface area contributed by atoms with Gasteiger partial charge in [-0.25, -0.2) is 14.4 Å². The molecule has 0 fully saturated rings. The van der Waals surface area contributed by atoms with Crippen molar-refractivity contribution in [1.82, 2.24) is 24.1 Å². The average Bonchev–Trinajstić information content (AvgIpc) is 3.23.